The van der Waals surface area contributed by atoms with Gasteiger partial charge >= 0.3 is 0 Å². The predicted molar refractivity (Wildman–Crippen MR) is 84.1 cm³/mol. The molecular weight excluding hydrogens is 262 g/mol. The molecule has 2 heterocycles. The van der Waals surface area contributed by atoms with Crippen molar-refractivity contribution in [2.75, 3.05) is 13.1 Å². The number of hydrogen-bond donors (Lipinski definition) is 0. The summed E-state index contributed by atoms with van der Waals surface area (Å²) in [5, 5.41) is 5.75. The van der Waals surface area contributed by atoms with E-state index in [1.54, 1.807) is 0 Å². The van der Waals surface area contributed by atoms with E-state index >= 15 is 0 Å². The third kappa shape index (κ3) is 3.09. The molecule has 0 aliphatic carbocycles. The van der Waals surface area contributed by atoms with Gasteiger partial charge in [-0.15, -0.1) is 0 Å². The lowest BCUT2D eigenvalue weighted by Crippen LogP contribution is -2.32. The van der Waals surface area contributed by atoms with E-state index in [1.165, 1.54) is 18.2 Å². The number of carbonyl (C=O) groups is 1. The third-order valence-corrected chi connectivity index (χ3v) is 4.34. The Morgan fingerprint density at radius 2 is 1.86 bits per heavy atom. The van der Waals surface area contributed by atoms with Crippen LogP contribution in [0.1, 0.15) is 37.8 Å². The molecule has 1 aliphatic rings. The lowest BCUT2D eigenvalue weighted by molar-refractivity contribution is -0.131. The Balaban J connectivity index is 1.67. The van der Waals surface area contributed by atoms with E-state index in [-0.39, 0.29) is 5.91 Å². The Bertz CT molecular complexity index is 624. The monoisotopic (exact) mass is 285 g/mol. The molecule has 0 atom stereocenters. The minimum atomic E-state index is 0.272. The zero-order valence-corrected chi connectivity index (χ0v) is 12.7. The Hall–Kier alpha value is -1.84. The second-order valence-electron chi connectivity index (χ2n) is 5.87. The van der Waals surface area contributed by atoms with Crippen molar-refractivity contribution in [3.63, 3.8) is 0 Å². The number of nitrogens with zero attached hydrogens (tertiary/aromatic N) is 3. The Morgan fingerprint density at radius 1 is 1.14 bits per heavy atom. The lowest BCUT2D eigenvalue weighted by Gasteiger charge is -2.20. The molecule has 1 aliphatic heterocycles. The number of amides is 1. The summed E-state index contributed by atoms with van der Waals surface area (Å²) in [5.74, 6) is 0.272. The number of para-hydroxylation sites is 1. The fourth-order valence-corrected chi connectivity index (χ4v) is 3.14. The van der Waals surface area contributed by atoms with Gasteiger partial charge in [0.05, 0.1) is 17.8 Å². The first-order valence-electron chi connectivity index (χ1n) is 7.95. The van der Waals surface area contributed by atoms with Crippen molar-refractivity contribution >= 4 is 16.8 Å². The highest BCUT2D eigenvalue weighted by Gasteiger charge is 2.16. The van der Waals surface area contributed by atoms with Crippen LogP contribution in [0.25, 0.3) is 10.9 Å². The maximum atomic E-state index is 12.4. The van der Waals surface area contributed by atoms with Crippen LogP contribution >= 0.6 is 0 Å². The topological polar surface area (TPSA) is 38.1 Å². The minimum Gasteiger partial charge on any atom is -0.343 e. The van der Waals surface area contributed by atoms with Crippen LogP contribution in [0.5, 0.6) is 0 Å². The van der Waals surface area contributed by atoms with Gasteiger partial charge in [0.1, 0.15) is 0 Å². The summed E-state index contributed by atoms with van der Waals surface area (Å²) in [6, 6.07) is 8.22. The molecule has 0 radical (unpaired) electrons. The molecule has 1 aromatic heterocycles. The largest absolute Gasteiger partial charge is 0.343 e. The smallest absolute Gasteiger partial charge is 0.224 e. The molecule has 0 spiro atoms. The number of rotatable bonds is 3. The van der Waals surface area contributed by atoms with Crippen molar-refractivity contribution in [3.05, 3.63) is 30.0 Å². The molecule has 4 nitrogen and oxygen atoms in total. The summed E-state index contributed by atoms with van der Waals surface area (Å²) >= 11 is 0. The van der Waals surface area contributed by atoms with Gasteiger partial charge in [-0.2, -0.15) is 5.10 Å². The van der Waals surface area contributed by atoms with Crippen LogP contribution in [-0.4, -0.2) is 33.7 Å². The van der Waals surface area contributed by atoms with E-state index in [9.17, 15) is 4.79 Å². The van der Waals surface area contributed by atoms with Crippen molar-refractivity contribution in [1.82, 2.24) is 14.7 Å². The van der Waals surface area contributed by atoms with Crippen molar-refractivity contribution in [1.29, 1.82) is 0 Å². The van der Waals surface area contributed by atoms with Gasteiger partial charge in [-0.05, 0) is 25.8 Å². The number of aromatic nitrogens is 2. The SMILES string of the molecule is Cc1nn(CCC(=O)N2CCCCCC2)c2ccccc12. The Labute approximate surface area is 125 Å². The molecule has 1 aromatic carbocycles. The van der Waals surface area contributed by atoms with E-state index in [0.29, 0.717) is 13.0 Å². The Morgan fingerprint density at radius 3 is 2.62 bits per heavy atom. The van der Waals surface area contributed by atoms with Gasteiger partial charge in [0.2, 0.25) is 5.91 Å². The van der Waals surface area contributed by atoms with Gasteiger partial charge in [-0.3, -0.25) is 9.48 Å². The number of likely N-dealkylation sites (tertiary alicyclic amines) is 1. The van der Waals surface area contributed by atoms with Gasteiger partial charge in [0.25, 0.3) is 0 Å². The summed E-state index contributed by atoms with van der Waals surface area (Å²) < 4.78 is 1.97. The Kier molecular flexibility index (Phi) is 4.23. The second-order valence-corrected chi connectivity index (χ2v) is 5.87. The molecule has 21 heavy (non-hydrogen) atoms. The van der Waals surface area contributed by atoms with Gasteiger partial charge < -0.3 is 4.90 Å². The van der Waals surface area contributed by atoms with E-state index in [1.807, 2.05) is 28.6 Å². The van der Waals surface area contributed by atoms with Crippen molar-refractivity contribution in [2.45, 2.75) is 45.6 Å². The summed E-state index contributed by atoms with van der Waals surface area (Å²) in [7, 11) is 0. The third-order valence-electron chi connectivity index (χ3n) is 4.34. The normalized spacial score (nSPS) is 16.1. The van der Waals surface area contributed by atoms with Gasteiger partial charge in [-0.25, -0.2) is 0 Å². The number of carbonyl (C=O) groups excluding carboxylic acids is 1. The first-order valence-corrected chi connectivity index (χ1v) is 7.95. The van der Waals surface area contributed by atoms with E-state index in [0.717, 1.165) is 37.1 Å². The quantitative estimate of drug-likeness (QED) is 0.869. The lowest BCUT2D eigenvalue weighted by atomic mass is 10.2. The van der Waals surface area contributed by atoms with E-state index in [2.05, 4.69) is 17.2 Å². The van der Waals surface area contributed by atoms with Crippen LogP contribution in [0, 0.1) is 6.92 Å². The fraction of sp³-hybridized carbons (Fsp3) is 0.529. The molecule has 0 unspecified atom stereocenters. The fourth-order valence-electron chi connectivity index (χ4n) is 3.14. The van der Waals surface area contributed by atoms with Gasteiger partial charge in [0, 0.05) is 24.9 Å². The number of fused-ring (bicyclic) bond motifs is 1. The van der Waals surface area contributed by atoms with E-state index < -0.39 is 0 Å². The highest BCUT2D eigenvalue weighted by molar-refractivity contribution is 5.82. The maximum Gasteiger partial charge on any atom is 0.224 e. The first kappa shape index (κ1) is 14.1. The van der Waals surface area contributed by atoms with Crippen LogP contribution in [0.3, 0.4) is 0 Å². The van der Waals surface area contributed by atoms with Crippen LogP contribution in [0.4, 0.5) is 0 Å². The van der Waals surface area contributed by atoms with Crippen molar-refractivity contribution in [2.24, 2.45) is 0 Å². The second kappa shape index (κ2) is 6.29. The number of hydrogen-bond acceptors (Lipinski definition) is 2. The average molecular weight is 285 g/mol. The zero-order valence-electron chi connectivity index (χ0n) is 12.7. The van der Waals surface area contributed by atoms with Crippen LogP contribution in [0.2, 0.25) is 0 Å². The summed E-state index contributed by atoms with van der Waals surface area (Å²) in [4.78, 5) is 14.4. The molecule has 1 amide bonds. The molecule has 0 saturated carbocycles. The maximum absolute atomic E-state index is 12.4. The molecule has 0 bridgehead atoms. The summed E-state index contributed by atoms with van der Waals surface area (Å²) in [6.45, 7) is 4.55. The number of aryl methyl sites for hydroxylation is 2. The highest BCUT2D eigenvalue weighted by Crippen LogP contribution is 2.18. The van der Waals surface area contributed by atoms with Gasteiger partial charge in [-0.1, -0.05) is 31.0 Å². The summed E-state index contributed by atoms with van der Waals surface area (Å²) in [5.41, 5.74) is 2.16. The number of benzene rings is 1. The van der Waals surface area contributed by atoms with Gasteiger partial charge in [0.15, 0.2) is 0 Å². The molecule has 3 rings (SSSR count). The molecule has 2 aromatic rings. The molecular formula is C17H23N3O. The zero-order chi connectivity index (χ0) is 14.7. The molecule has 112 valence electrons. The van der Waals surface area contributed by atoms with Crippen LogP contribution in [0.15, 0.2) is 24.3 Å². The first-order chi connectivity index (χ1) is 10.3. The predicted octanol–water partition coefficient (Wildman–Crippen LogP) is 3.14. The molecule has 1 fully saturated rings. The molecule has 1 saturated heterocycles. The van der Waals surface area contributed by atoms with Crippen LogP contribution < -0.4 is 0 Å². The average Bonchev–Trinajstić information content (AvgIpc) is 2.71. The van der Waals surface area contributed by atoms with Crippen molar-refractivity contribution in [3.8, 4) is 0 Å². The standard InChI is InChI=1S/C17H23N3O/c1-14-15-8-4-5-9-16(15)20(18-14)13-10-17(21)19-11-6-2-3-7-12-19/h4-5,8-9H,2-3,6-7,10-13H2,1H3. The minimum absolute atomic E-state index is 0.272. The summed E-state index contributed by atoms with van der Waals surface area (Å²) in [6.07, 6.45) is 5.36. The molecule has 0 N–H and O–H groups in total. The van der Waals surface area contributed by atoms with Crippen LogP contribution in [-0.2, 0) is 11.3 Å². The van der Waals surface area contributed by atoms with E-state index in [4.69, 9.17) is 0 Å². The highest BCUT2D eigenvalue weighted by atomic mass is 16.2. The van der Waals surface area contributed by atoms with Crippen molar-refractivity contribution < 1.29 is 4.79 Å². The molecule has 4 heteroatoms.